The first-order valence-corrected chi connectivity index (χ1v) is 28.7. The van der Waals surface area contributed by atoms with E-state index in [1.165, 1.54) is 11.3 Å². The number of aliphatic hydroxyl groups is 1. The van der Waals surface area contributed by atoms with Gasteiger partial charge in [0, 0.05) is 49.8 Å². The Hall–Kier alpha value is -7.05. The first-order valence-electron chi connectivity index (χ1n) is 27.0. The Balaban J connectivity index is 0.732. The molecule has 0 bridgehead atoms. The molecule has 1 aliphatic carbocycles. The predicted molar refractivity (Wildman–Crippen MR) is 307 cm³/mol. The van der Waals surface area contributed by atoms with Gasteiger partial charge in [-0.3, -0.25) is 24.6 Å². The second-order valence-electron chi connectivity index (χ2n) is 22.3. The molecule has 2 aliphatic heterocycles. The standard InChI is InChI=1S/C61H68N8O7S2/c1-35-44(45-25-26-53(66-55(45)59(74)75)68-28-27-40-11-9-13-46(47(40)32-68)57(72)67-60-64-48-14-7-8-16-51(48)78-60)12-10-15-50(35)76-43-23-17-38(18-24-43)29-54(71)65-52(61(4,5)6)33-69-31-42(70)30-49(69)58(73)63-36(2)39-19-21-41(22-20-39)56-37(3)62-34-77-56/h7-16,19-22,25-26,34,36,38,42-43,49,52,70H,17-18,23-24,27-33H2,1-6H3,(H,63,73)(H,65,71)(H,74,75)(H,64,67,72)/t36-,38?,42+,43?,49-,52?/m0/s1. The van der Waals surface area contributed by atoms with Gasteiger partial charge >= 0.3 is 5.97 Å². The number of hydrogen-bond donors (Lipinski definition) is 5. The smallest absolute Gasteiger partial charge is 0.355 e. The largest absolute Gasteiger partial charge is 0.490 e. The molecule has 0 spiro atoms. The average molecular weight is 1090 g/mol. The second kappa shape index (κ2) is 23.1. The molecule has 17 heteroatoms. The van der Waals surface area contributed by atoms with Crippen LogP contribution in [0, 0.1) is 25.2 Å². The van der Waals surface area contributed by atoms with Crippen molar-refractivity contribution in [3.63, 3.8) is 0 Å². The number of carboxylic acids is 1. The number of carbonyl (C=O) groups excluding carboxylic acids is 3. The molecule has 2 fully saturated rings. The van der Waals surface area contributed by atoms with Crippen molar-refractivity contribution in [3.05, 3.63) is 142 Å². The third-order valence-corrected chi connectivity index (χ3v) is 17.8. The lowest BCUT2D eigenvalue weighted by Gasteiger charge is -2.37. The maximum Gasteiger partial charge on any atom is 0.355 e. The number of aromatic nitrogens is 3. The molecule has 1 unspecified atom stereocenters. The zero-order chi connectivity index (χ0) is 54.8. The highest BCUT2D eigenvalue weighted by molar-refractivity contribution is 7.22. The highest BCUT2D eigenvalue weighted by Crippen LogP contribution is 2.38. The summed E-state index contributed by atoms with van der Waals surface area (Å²) in [5, 5.41) is 31.5. The predicted octanol–water partition coefficient (Wildman–Crippen LogP) is 10.8. The number of para-hydroxylation sites is 1. The number of benzene rings is 4. The minimum atomic E-state index is -1.14. The molecule has 3 aromatic heterocycles. The van der Waals surface area contributed by atoms with Crippen molar-refractivity contribution >= 4 is 67.5 Å². The molecule has 406 valence electrons. The fourth-order valence-corrected chi connectivity index (χ4v) is 13.0. The van der Waals surface area contributed by atoms with E-state index < -0.39 is 18.1 Å². The first-order chi connectivity index (χ1) is 37.4. The summed E-state index contributed by atoms with van der Waals surface area (Å²) >= 11 is 3.03. The number of likely N-dealkylation sites (tertiary alicyclic amines) is 1. The SMILES string of the molecule is Cc1ncsc1-c1ccc([C@H](C)NC(=O)[C@@H]2C[C@@H](O)CN2CC(NC(=O)CC2CCC(Oc3cccc(-c4ccc(N5CCc6cccc(C(=O)Nc7nc8ccccc8s7)c6C5)nc4C(=O)O)c3C)CC2)C(C)(C)C)cc1. The van der Waals surface area contributed by atoms with E-state index in [1.54, 1.807) is 11.3 Å². The Morgan fingerprint density at radius 3 is 2.37 bits per heavy atom. The third-order valence-electron chi connectivity index (χ3n) is 15.8. The summed E-state index contributed by atoms with van der Waals surface area (Å²) in [5.41, 5.74) is 9.85. The number of aryl methyl sites for hydroxylation is 1. The summed E-state index contributed by atoms with van der Waals surface area (Å²) in [4.78, 5) is 73.2. The number of hydrogen-bond acceptors (Lipinski definition) is 13. The van der Waals surface area contributed by atoms with Gasteiger partial charge in [0.1, 0.15) is 11.6 Å². The molecular weight excluding hydrogens is 1020 g/mol. The maximum absolute atomic E-state index is 13.8. The van der Waals surface area contributed by atoms with Crippen molar-refractivity contribution in [1.29, 1.82) is 0 Å². The van der Waals surface area contributed by atoms with Crippen LogP contribution in [0.15, 0.2) is 103 Å². The van der Waals surface area contributed by atoms with Crippen LogP contribution in [0.5, 0.6) is 5.75 Å². The summed E-state index contributed by atoms with van der Waals surface area (Å²) < 4.78 is 7.64. The summed E-state index contributed by atoms with van der Waals surface area (Å²) in [6, 6.07) is 30.0. The summed E-state index contributed by atoms with van der Waals surface area (Å²) in [6.45, 7) is 13.9. The third kappa shape index (κ3) is 12.1. The average Bonchev–Trinajstić information content (AvgIpc) is 4.18. The number of nitrogens with one attached hydrogen (secondary N) is 3. The van der Waals surface area contributed by atoms with E-state index in [2.05, 4.69) is 58.8 Å². The van der Waals surface area contributed by atoms with Crippen molar-refractivity contribution in [2.75, 3.05) is 29.9 Å². The van der Waals surface area contributed by atoms with Gasteiger partial charge < -0.3 is 30.5 Å². The molecule has 7 aromatic rings. The molecule has 78 heavy (non-hydrogen) atoms. The van der Waals surface area contributed by atoms with E-state index in [-0.39, 0.29) is 52.9 Å². The number of ether oxygens (including phenoxy) is 1. The van der Waals surface area contributed by atoms with Crippen molar-refractivity contribution in [2.45, 2.75) is 123 Å². The van der Waals surface area contributed by atoms with E-state index in [4.69, 9.17) is 9.72 Å². The number of nitrogens with zero attached hydrogens (tertiary/aromatic N) is 5. The normalized spacial score (nSPS) is 19.4. The number of aromatic carboxylic acids is 1. The summed E-state index contributed by atoms with van der Waals surface area (Å²) in [7, 11) is 0. The van der Waals surface area contributed by atoms with Gasteiger partial charge in [0.2, 0.25) is 11.8 Å². The van der Waals surface area contributed by atoms with E-state index >= 15 is 0 Å². The van der Waals surface area contributed by atoms with Crippen LogP contribution in [0.25, 0.3) is 31.8 Å². The fourth-order valence-electron chi connectivity index (χ4n) is 11.3. The molecule has 4 atom stereocenters. The lowest BCUT2D eigenvalue weighted by atomic mass is 9.83. The number of β-amino-alcohol motifs (C(OH)–C–C–N with tert-alkyl or cyclic N) is 1. The molecule has 0 radical (unpaired) electrons. The van der Waals surface area contributed by atoms with Crippen molar-refractivity contribution in [1.82, 2.24) is 30.5 Å². The van der Waals surface area contributed by atoms with Gasteiger partial charge in [-0.05, 0) is 140 Å². The van der Waals surface area contributed by atoms with Gasteiger partial charge in [0.05, 0.1) is 50.6 Å². The van der Waals surface area contributed by atoms with Crippen LogP contribution >= 0.6 is 22.7 Å². The van der Waals surface area contributed by atoms with Gasteiger partial charge in [-0.1, -0.05) is 92.8 Å². The molecule has 1 saturated carbocycles. The molecule has 15 nitrogen and oxygen atoms in total. The van der Waals surface area contributed by atoms with Crippen molar-refractivity contribution in [3.8, 4) is 27.3 Å². The van der Waals surface area contributed by atoms with Crippen LogP contribution < -0.4 is 25.6 Å². The Bertz CT molecular complexity index is 3310. The number of carbonyl (C=O) groups is 4. The topological polar surface area (TPSA) is 199 Å². The van der Waals surface area contributed by atoms with Crippen LogP contribution in [0.2, 0.25) is 0 Å². The van der Waals surface area contributed by atoms with Crippen LogP contribution in [0.1, 0.15) is 121 Å². The van der Waals surface area contributed by atoms with Crippen LogP contribution in [0.4, 0.5) is 10.9 Å². The monoisotopic (exact) mass is 1090 g/mol. The Morgan fingerprint density at radius 1 is 0.872 bits per heavy atom. The van der Waals surface area contributed by atoms with Gasteiger partial charge in [-0.2, -0.15) is 0 Å². The minimum absolute atomic E-state index is 0.0261. The molecule has 5 N–H and O–H groups in total. The van der Waals surface area contributed by atoms with E-state index in [9.17, 15) is 29.4 Å². The molecule has 1 saturated heterocycles. The van der Waals surface area contributed by atoms with Gasteiger partial charge in [-0.25, -0.2) is 19.7 Å². The summed E-state index contributed by atoms with van der Waals surface area (Å²) in [5.74, 6) is -0.188. The Labute approximate surface area is 463 Å². The number of rotatable bonds is 16. The Kier molecular flexibility index (Phi) is 16.1. The number of anilines is 2. The van der Waals surface area contributed by atoms with E-state index in [0.717, 1.165) is 79.9 Å². The first kappa shape index (κ1) is 54.3. The zero-order valence-electron chi connectivity index (χ0n) is 45.0. The molecule has 3 amide bonds. The number of amides is 3. The molecule has 4 aromatic carbocycles. The van der Waals surface area contributed by atoms with Crippen LogP contribution in [0.3, 0.4) is 0 Å². The zero-order valence-corrected chi connectivity index (χ0v) is 46.7. The summed E-state index contributed by atoms with van der Waals surface area (Å²) in [6.07, 6.45) is 3.80. The lowest BCUT2D eigenvalue weighted by Crippen LogP contribution is -2.54. The number of pyridine rings is 1. The number of thiazole rings is 2. The fraction of sp³-hybridized carbons (Fsp3) is 0.393. The maximum atomic E-state index is 13.8. The number of fused-ring (bicyclic) bond motifs is 2. The van der Waals surface area contributed by atoms with Gasteiger partial charge in [0.15, 0.2) is 10.8 Å². The molecule has 5 heterocycles. The number of aliphatic hydroxyl groups excluding tert-OH is 1. The Morgan fingerprint density at radius 2 is 1.64 bits per heavy atom. The molecule has 3 aliphatic rings. The molecule has 10 rings (SSSR count). The van der Waals surface area contributed by atoms with Gasteiger partial charge in [-0.15, -0.1) is 11.3 Å². The van der Waals surface area contributed by atoms with E-state index in [0.29, 0.717) is 73.3 Å². The van der Waals surface area contributed by atoms with Crippen molar-refractivity contribution < 1.29 is 34.1 Å². The second-order valence-corrected chi connectivity index (χ2v) is 24.2. The molecular formula is C61H68N8O7S2. The minimum Gasteiger partial charge on any atom is -0.490 e. The van der Waals surface area contributed by atoms with Crippen molar-refractivity contribution in [2.24, 2.45) is 11.3 Å². The van der Waals surface area contributed by atoms with E-state index in [1.807, 2.05) is 121 Å². The highest BCUT2D eigenvalue weighted by Gasteiger charge is 2.40. The highest BCUT2D eigenvalue weighted by atomic mass is 32.1. The quantitative estimate of drug-likeness (QED) is 0.0614. The number of carboxylic acid groups (broad SMARTS) is 1. The van der Waals surface area contributed by atoms with Crippen LogP contribution in [-0.4, -0.2) is 97.7 Å². The lowest BCUT2D eigenvalue weighted by molar-refractivity contribution is -0.126. The van der Waals surface area contributed by atoms with Crippen LogP contribution in [-0.2, 0) is 22.6 Å². The van der Waals surface area contributed by atoms with Gasteiger partial charge in [0.25, 0.3) is 5.91 Å².